The van der Waals surface area contributed by atoms with Crippen LogP contribution in [0.25, 0.3) is 0 Å². The summed E-state index contributed by atoms with van der Waals surface area (Å²) >= 11 is 0. The molecule has 152 valence electrons. The highest BCUT2D eigenvalue weighted by molar-refractivity contribution is 6.23. The zero-order valence-electron chi connectivity index (χ0n) is 16.1. The van der Waals surface area contributed by atoms with Gasteiger partial charge in [0.15, 0.2) is 0 Å². The summed E-state index contributed by atoms with van der Waals surface area (Å²) in [6.07, 6.45) is 0.813. The van der Waals surface area contributed by atoms with E-state index in [1.54, 1.807) is 0 Å². The third kappa shape index (κ3) is 3.28. The van der Waals surface area contributed by atoms with Crippen LogP contribution in [0.2, 0.25) is 0 Å². The molecule has 0 amide bonds. The van der Waals surface area contributed by atoms with Crippen LogP contribution in [0.4, 0.5) is 0 Å². The van der Waals surface area contributed by atoms with Crippen LogP contribution in [0.15, 0.2) is 34.9 Å². The number of hydrogen-bond donors (Lipinski definition) is 0. The molecular weight excluding hydrogens is 376 g/mol. The van der Waals surface area contributed by atoms with Crippen LogP contribution in [0.1, 0.15) is 6.42 Å². The first-order valence-electron chi connectivity index (χ1n) is 7.75. The second-order valence-corrected chi connectivity index (χ2v) is 5.36. The summed E-state index contributed by atoms with van der Waals surface area (Å²) in [5.41, 5.74) is -4.78. The second-order valence-electron chi connectivity index (χ2n) is 5.36. The zero-order valence-corrected chi connectivity index (χ0v) is 16.1. The molecule has 10 heteroatoms. The van der Waals surface area contributed by atoms with Crippen molar-refractivity contribution in [2.75, 3.05) is 35.5 Å². The van der Waals surface area contributed by atoms with E-state index in [2.05, 4.69) is 16.1 Å². The Morgan fingerprint density at radius 3 is 1.32 bits per heavy atom. The number of rotatable bonds is 7. The molecule has 0 radical (unpaired) electrons. The molecule has 0 spiro atoms. The lowest BCUT2D eigenvalue weighted by Crippen LogP contribution is -2.40. The molecule has 1 aliphatic carbocycles. The van der Waals surface area contributed by atoms with E-state index in [1.807, 2.05) is 0 Å². The van der Waals surface area contributed by atoms with Crippen molar-refractivity contribution in [2.45, 2.75) is 6.42 Å². The molecule has 10 nitrogen and oxygen atoms in total. The second kappa shape index (κ2) is 8.98. The van der Waals surface area contributed by atoms with Crippen LogP contribution in [-0.2, 0) is 47.7 Å². The zero-order chi connectivity index (χ0) is 21.6. The van der Waals surface area contributed by atoms with Crippen molar-refractivity contribution in [1.82, 2.24) is 0 Å². The minimum absolute atomic E-state index is 0.393. The first-order chi connectivity index (χ1) is 13.2. The molecule has 0 aromatic heterocycles. The molecule has 0 saturated carbocycles. The van der Waals surface area contributed by atoms with Gasteiger partial charge in [-0.05, 0) is 6.42 Å². The normalized spacial score (nSPS) is 14.9. The summed E-state index contributed by atoms with van der Waals surface area (Å²) in [7, 11) is 4.97. The highest BCUT2D eigenvalue weighted by Crippen LogP contribution is 2.52. The Bertz CT molecular complexity index is 747. The summed E-state index contributed by atoms with van der Waals surface area (Å²) in [4.78, 5) is 63.0. The summed E-state index contributed by atoms with van der Waals surface area (Å²) < 4.78 is 23.5. The summed E-state index contributed by atoms with van der Waals surface area (Å²) in [5, 5.41) is 0. The minimum Gasteiger partial charge on any atom is -0.468 e. The van der Waals surface area contributed by atoms with Gasteiger partial charge in [0, 0.05) is 0 Å². The SMILES string of the molecule is C=CCC1(C(=O)OC)C(C(=O)OC)=C(C(=O)OC)C(C(=O)OC)=C1C(=O)OC. The fourth-order valence-electron chi connectivity index (χ4n) is 3.05. The van der Waals surface area contributed by atoms with Gasteiger partial charge in [-0.2, -0.15) is 0 Å². The number of carbonyl (C=O) groups excluding carboxylic acids is 5. The van der Waals surface area contributed by atoms with Gasteiger partial charge in [0.25, 0.3) is 0 Å². The lowest BCUT2D eigenvalue weighted by atomic mass is 9.73. The molecule has 0 aromatic carbocycles. The smallest absolute Gasteiger partial charge is 0.339 e. The first-order valence-corrected chi connectivity index (χ1v) is 7.75. The molecule has 28 heavy (non-hydrogen) atoms. The molecule has 0 atom stereocenters. The van der Waals surface area contributed by atoms with Gasteiger partial charge in [0.05, 0.1) is 57.8 Å². The van der Waals surface area contributed by atoms with Crippen molar-refractivity contribution >= 4 is 29.8 Å². The van der Waals surface area contributed by atoms with E-state index >= 15 is 0 Å². The van der Waals surface area contributed by atoms with Gasteiger partial charge < -0.3 is 23.7 Å². The van der Waals surface area contributed by atoms with Gasteiger partial charge in [-0.3, -0.25) is 4.79 Å². The molecule has 0 aromatic rings. The van der Waals surface area contributed by atoms with Crippen molar-refractivity contribution in [3.05, 3.63) is 34.9 Å². The van der Waals surface area contributed by atoms with Crippen molar-refractivity contribution in [2.24, 2.45) is 5.41 Å². The van der Waals surface area contributed by atoms with Gasteiger partial charge in [-0.1, -0.05) is 6.08 Å². The Kier molecular flexibility index (Phi) is 7.25. The quantitative estimate of drug-likeness (QED) is 0.329. The van der Waals surface area contributed by atoms with Crippen LogP contribution in [0.5, 0.6) is 0 Å². The maximum absolute atomic E-state index is 12.8. The Hall–Kier alpha value is -3.43. The van der Waals surface area contributed by atoms with Crippen molar-refractivity contribution < 1.29 is 47.7 Å². The van der Waals surface area contributed by atoms with Crippen LogP contribution < -0.4 is 0 Å². The third-order valence-corrected chi connectivity index (χ3v) is 4.15. The van der Waals surface area contributed by atoms with E-state index in [4.69, 9.17) is 14.2 Å². The van der Waals surface area contributed by atoms with Crippen LogP contribution in [-0.4, -0.2) is 65.4 Å². The molecule has 0 saturated heterocycles. The van der Waals surface area contributed by atoms with Crippen molar-refractivity contribution in [3.63, 3.8) is 0 Å². The molecule has 1 rings (SSSR count). The van der Waals surface area contributed by atoms with Crippen LogP contribution >= 0.6 is 0 Å². The maximum atomic E-state index is 12.8. The van der Waals surface area contributed by atoms with Gasteiger partial charge in [0.2, 0.25) is 0 Å². The van der Waals surface area contributed by atoms with E-state index in [0.717, 1.165) is 35.5 Å². The topological polar surface area (TPSA) is 132 Å². The predicted molar refractivity (Wildman–Crippen MR) is 91.4 cm³/mol. The fourth-order valence-corrected chi connectivity index (χ4v) is 3.05. The van der Waals surface area contributed by atoms with E-state index in [-0.39, 0.29) is 0 Å². The largest absolute Gasteiger partial charge is 0.468 e. The summed E-state index contributed by atoms with van der Waals surface area (Å²) in [6, 6.07) is 0. The monoisotopic (exact) mass is 396 g/mol. The van der Waals surface area contributed by atoms with Crippen molar-refractivity contribution in [3.8, 4) is 0 Å². The van der Waals surface area contributed by atoms with Crippen LogP contribution in [0, 0.1) is 5.41 Å². The van der Waals surface area contributed by atoms with Gasteiger partial charge in [0.1, 0.15) is 5.41 Å². The fraction of sp³-hybridized carbons (Fsp3) is 0.389. The molecule has 0 unspecified atom stereocenters. The molecule has 0 heterocycles. The molecule has 0 bridgehead atoms. The van der Waals surface area contributed by atoms with E-state index < -0.39 is 64.0 Å². The number of ether oxygens (including phenoxy) is 5. The number of methoxy groups -OCH3 is 5. The molecule has 0 aliphatic heterocycles. The highest BCUT2D eigenvalue weighted by Gasteiger charge is 2.61. The van der Waals surface area contributed by atoms with Crippen LogP contribution in [0.3, 0.4) is 0 Å². The maximum Gasteiger partial charge on any atom is 0.339 e. The molecule has 1 aliphatic rings. The summed E-state index contributed by atoms with van der Waals surface area (Å²) in [6.45, 7) is 3.52. The Balaban J connectivity index is 4.29. The number of carbonyl (C=O) groups is 5. The van der Waals surface area contributed by atoms with Gasteiger partial charge in [-0.15, -0.1) is 6.58 Å². The summed E-state index contributed by atoms with van der Waals surface area (Å²) in [5.74, 6) is -5.77. The Morgan fingerprint density at radius 1 is 0.714 bits per heavy atom. The average molecular weight is 396 g/mol. The molecule has 0 fully saturated rings. The van der Waals surface area contributed by atoms with Gasteiger partial charge in [-0.25, -0.2) is 19.2 Å². The van der Waals surface area contributed by atoms with E-state index in [0.29, 0.717) is 0 Å². The molecular formula is C18H20O10. The Labute approximate surface area is 160 Å². The van der Waals surface area contributed by atoms with Gasteiger partial charge >= 0.3 is 29.8 Å². The number of esters is 5. The predicted octanol–water partition coefficient (Wildman–Crippen LogP) is 0.0207. The first kappa shape index (κ1) is 22.6. The Morgan fingerprint density at radius 2 is 1.07 bits per heavy atom. The number of allylic oxidation sites excluding steroid dienone is 1. The highest BCUT2D eigenvalue weighted by atomic mass is 16.5. The van der Waals surface area contributed by atoms with E-state index in [1.165, 1.54) is 6.08 Å². The lowest BCUT2D eigenvalue weighted by Gasteiger charge is -2.29. The average Bonchev–Trinajstić information content (AvgIpc) is 3.02. The standard InChI is InChI=1S/C18H20O10/c1-7-8-18(17(23)28-6)11(15(21)26-4)9(13(19)24-2)10(14(20)25-3)12(18)16(22)27-5/h7H,1,8H2,2-6H3. The lowest BCUT2D eigenvalue weighted by molar-refractivity contribution is -0.154. The number of hydrogen-bond acceptors (Lipinski definition) is 10. The third-order valence-electron chi connectivity index (χ3n) is 4.15. The van der Waals surface area contributed by atoms with Crippen molar-refractivity contribution in [1.29, 1.82) is 0 Å². The molecule has 0 N–H and O–H groups in total. The minimum atomic E-state index is -2.23. The van der Waals surface area contributed by atoms with E-state index in [9.17, 15) is 24.0 Å².